The summed E-state index contributed by atoms with van der Waals surface area (Å²) in [6.45, 7) is 5.48. The van der Waals surface area contributed by atoms with Gasteiger partial charge in [0, 0.05) is 22.6 Å². The number of nitrogens with one attached hydrogen (secondary N) is 1. The number of esters is 1. The number of carbonyl (C=O) groups is 2. The molecule has 198 valence electrons. The summed E-state index contributed by atoms with van der Waals surface area (Å²) in [5.41, 5.74) is 3.74. The van der Waals surface area contributed by atoms with Crippen molar-refractivity contribution >= 4 is 39.4 Å². The quantitative estimate of drug-likeness (QED) is 0.395. The fourth-order valence-electron chi connectivity index (χ4n) is 4.87. The number of halogens is 3. The molecule has 2 aromatic rings. The molecule has 0 radical (unpaired) electrons. The number of pyridine rings is 1. The first kappa shape index (κ1) is 29.0. The number of nitrogens with two attached hydrogens (primary N) is 1. The second-order valence-electron chi connectivity index (χ2n) is 10.4. The summed E-state index contributed by atoms with van der Waals surface area (Å²) >= 11 is 9.48. The molecule has 1 fully saturated rings. The van der Waals surface area contributed by atoms with E-state index in [1.54, 1.807) is 24.4 Å². The van der Waals surface area contributed by atoms with Gasteiger partial charge in [-0.1, -0.05) is 44.5 Å². The number of amides is 1. The highest BCUT2D eigenvalue weighted by Gasteiger charge is 2.61. The van der Waals surface area contributed by atoms with Crippen molar-refractivity contribution < 1.29 is 23.8 Å². The molecule has 0 unspecified atom stereocenters. The number of aliphatic hydroxyl groups excluding tert-OH is 1. The SMILES string of the molecule is CC(C)(C)C[C@@H]1N[C@@H](C(=O)OC[C@@H](O)CC(N)=O)[C@H](c2cccc(Cl)c2F)[C@@]1(C#N)c1ccc(Br)cn1. The van der Waals surface area contributed by atoms with Crippen molar-refractivity contribution in [2.45, 2.75) is 63.1 Å². The standard InChI is InChI=1S/C26H29BrClFN4O4/c1-25(2,3)10-19-26(13-30,18-8-7-14(27)11-32-18)21(16-5-4-6-17(28)22(16)29)23(33-19)24(36)37-12-15(34)9-20(31)35/h4-8,11,15,19,21,23,33-34H,9-10,12H2,1-3H3,(H2,31,35)/t15-,19-,21-,23+,26-/m0/s1. The van der Waals surface area contributed by atoms with Gasteiger partial charge >= 0.3 is 5.97 Å². The number of nitriles is 1. The van der Waals surface area contributed by atoms with E-state index >= 15 is 4.39 Å². The summed E-state index contributed by atoms with van der Waals surface area (Å²) in [6, 6.07) is 8.38. The molecule has 0 spiro atoms. The zero-order chi connectivity index (χ0) is 27.5. The maximum atomic E-state index is 15.5. The Bertz CT molecular complexity index is 1200. The second kappa shape index (κ2) is 11.4. The number of rotatable bonds is 8. The lowest BCUT2D eigenvalue weighted by Crippen LogP contribution is -2.44. The van der Waals surface area contributed by atoms with Gasteiger partial charge in [0.15, 0.2) is 0 Å². The maximum absolute atomic E-state index is 15.5. The molecule has 5 atom stereocenters. The monoisotopic (exact) mass is 594 g/mol. The van der Waals surface area contributed by atoms with Gasteiger partial charge in [-0.25, -0.2) is 4.39 Å². The Morgan fingerprint density at radius 3 is 2.65 bits per heavy atom. The summed E-state index contributed by atoms with van der Waals surface area (Å²) in [6.07, 6.45) is 0.281. The number of ether oxygens (including phenoxy) is 1. The Labute approximate surface area is 228 Å². The normalized spacial score (nSPS) is 24.3. The lowest BCUT2D eigenvalue weighted by molar-refractivity contribution is -0.150. The molecule has 4 N–H and O–H groups in total. The molecule has 3 rings (SSSR count). The Balaban J connectivity index is 2.18. The third-order valence-corrected chi connectivity index (χ3v) is 7.09. The molecule has 1 aliphatic heterocycles. The minimum atomic E-state index is -1.49. The number of hydrogen-bond acceptors (Lipinski definition) is 7. The lowest BCUT2D eigenvalue weighted by Gasteiger charge is -2.36. The average Bonchev–Trinajstić information content (AvgIpc) is 3.12. The Morgan fingerprint density at radius 1 is 1.38 bits per heavy atom. The molecule has 1 saturated heterocycles. The molecule has 0 saturated carbocycles. The third-order valence-electron chi connectivity index (χ3n) is 6.33. The Morgan fingerprint density at radius 2 is 2.08 bits per heavy atom. The van der Waals surface area contributed by atoms with Crippen molar-refractivity contribution in [3.05, 3.63) is 63.1 Å². The summed E-state index contributed by atoms with van der Waals surface area (Å²) in [5, 5.41) is 23.8. The number of primary amides is 1. The number of aromatic nitrogens is 1. The van der Waals surface area contributed by atoms with Crippen molar-refractivity contribution in [3.8, 4) is 6.07 Å². The van der Waals surface area contributed by atoms with Gasteiger partial charge in [-0.3, -0.25) is 19.9 Å². The van der Waals surface area contributed by atoms with Crippen LogP contribution in [0.1, 0.15) is 50.8 Å². The molecule has 8 nitrogen and oxygen atoms in total. The van der Waals surface area contributed by atoms with Crippen molar-refractivity contribution in [3.63, 3.8) is 0 Å². The van der Waals surface area contributed by atoms with Crippen molar-refractivity contribution in [1.29, 1.82) is 5.26 Å². The lowest BCUT2D eigenvalue weighted by atomic mass is 9.64. The minimum Gasteiger partial charge on any atom is -0.462 e. The zero-order valence-corrected chi connectivity index (χ0v) is 23.0. The van der Waals surface area contributed by atoms with Crippen LogP contribution in [0.15, 0.2) is 41.0 Å². The van der Waals surface area contributed by atoms with Crippen LogP contribution in [-0.4, -0.2) is 46.8 Å². The number of carbonyl (C=O) groups excluding carboxylic acids is 2. The molecular formula is C26H29BrClFN4O4. The zero-order valence-electron chi connectivity index (χ0n) is 20.7. The second-order valence-corrected chi connectivity index (χ2v) is 11.7. The van der Waals surface area contributed by atoms with E-state index in [1.165, 1.54) is 12.1 Å². The number of hydrogen-bond donors (Lipinski definition) is 3. The Kier molecular flexibility index (Phi) is 8.96. The van der Waals surface area contributed by atoms with E-state index < -0.39 is 60.2 Å². The van der Waals surface area contributed by atoms with Crippen LogP contribution < -0.4 is 11.1 Å². The molecule has 11 heteroatoms. The highest BCUT2D eigenvalue weighted by molar-refractivity contribution is 9.10. The van der Waals surface area contributed by atoms with Crippen LogP contribution in [0.25, 0.3) is 0 Å². The van der Waals surface area contributed by atoms with E-state index in [2.05, 4.69) is 32.3 Å². The van der Waals surface area contributed by atoms with Crippen LogP contribution in [-0.2, 0) is 19.7 Å². The summed E-state index contributed by atoms with van der Waals surface area (Å²) in [5.74, 6) is -3.41. The third kappa shape index (κ3) is 6.29. The van der Waals surface area contributed by atoms with Crippen LogP contribution >= 0.6 is 27.5 Å². The van der Waals surface area contributed by atoms with Gasteiger partial charge in [-0.05, 0) is 51.5 Å². The van der Waals surface area contributed by atoms with E-state index in [-0.39, 0.29) is 16.0 Å². The van der Waals surface area contributed by atoms with Crippen molar-refractivity contribution in [2.24, 2.45) is 11.1 Å². The van der Waals surface area contributed by atoms with Gasteiger partial charge in [0.1, 0.15) is 23.9 Å². The first-order valence-corrected chi connectivity index (χ1v) is 12.8. The fourth-order valence-corrected chi connectivity index (χ4v) is 5.28. The predicted octanol–water partition coefficient (Wildman–Crippen LogP) is 3.74. The average molecular weight is 596 g/mol. The molecular weight excluding hydrogens is 567 g/mol. The van der Waals surface area contributed by atoms with E-state index in [4.69, 9.17) is 22.1 Å². The van der Waals surface area contributed by atoms with Crippen molar-refractivity contribution in [1.82, 2.24) is 10.3 Å². The van der Waals surface area contributed by atoms with Gasteiger partial charge in [0.25, 0.3) is 0 Å². The van der Waals surface area contributed by atoms with Gasteiger partial charge in [-0.2, -0.15) is 5.26 Å². The molecule has 1 aromatic carbocycles. The van der Waals surface area contributed by atoms with Crippen LogP contribution in [0.4, 0.5) is 4.39 Å². The molecule has 1 amide bonds. The number of aliphatic hydroxyl groups is 1. The molecule has 0 aliphatic carbocycles. The topological polar surface area (TPSA) is 138 Å². The van der Waals surface area contributed by atoms with E-state index in [0.29, 0.717) is 16.6 Å². The first-order valence-electron chi connectivity index (χ1n) is 11.7. The predicted molar refractivity (Wildman–Crippen MR) is 139 cm³/mol. The number of nitrogens with zero attached hydrogens (tertiary/aromatic N) is 2. The van der Waals surface area contributed by atoms with Gasteiger partial charge in [-0.15, -0.1) is 0 Å². The summed E-state index contributed by atoms with van der Waals surface area (Å²) < 4.78 is 21.5. The fraction of sp³-hybridized carbons (Fsp3) is 0.462. The smallest absolute Gasteiger partial charge is 0.323 e. The van der Waals surface area contributed by atoms with E-state index in [9.17, 15) is 20.0 Å². The van der Waals surface area contributed by atoms with Crippen LogP contribution in [0.5, 0.6) is 0 Å². The maximum Gasteiger partial charge on any atom is 0.323 e. The van der Waals surface area contributed by atoms with Gasteiger partial charge in [0.2, 0.25) is 5.91 Å². The summed E-state index contributed by atoms with van der Waals surface area (Å²) in [7, 11) is 0. The number of benzene rings is 1. The highest BCUT2D eigenvalue weighted by atomic mass is 79.9. The first-order chi connectivity index (χ1) is 17.3. The molecule has 2 heterocycles. The summed E-state index contributed by atoms with van der Waals surface area (Å²) in [4.78, 5) is 29.0. The van der Waals surface area contributed by atoms with Crippen LogP contribution in [0.2, 0.25) is 5.02 Å². The molecule has 37 heavy (non-hydrogen) atoms. The van der Waals surface area contributed by atoms with Crippen LogP contribution in [0.3, 0.4) is 0 Å². The molecule has 0 bridgehead atoms. The molecule has 1 aliphatic rings. The molecule has 1 aromatic heterocycles. The van der Waals surface area contributed by atoms with Crippen molar-refractivity contribution in [2.75, 3.05) is 6.61 Å². The van der Waals surface area contributed by atoms with E-state index in [0.717, 1.165) is 0 Å². The largest absolute Gasteiger partial charge is 0.462 e. The minimum absolute atomic E-state index is 0.0577. The van der Waals surface area contributed by atoms with Gasteiger partial charge in [0.05, 0.1) is 29.3 Å². The Hall–Kier alpha value is -2.58. The van der Waals surface area contributed by atoms with Crippen LogP contribution in [0, 0.1) is 22.6 Å². The van der Waals surface area contributed by atoms with E-state index in [1.807, 2.05) is 20.8 Å². The highest BCUT2D eigenvalue weighted by Crippen LogP contribution is 2.51. The van der Waals surface area contributed by atoms with Gasteiger partial charge < -0.3 is 15.6 Å².